The van der Waals surface area contributed by atoms with Crippen molar-refractivity contribution >= 4 is 23.7 Å². The molecule has 220 valence electrons. The standard InChI is InChI=1S/C30H35N7O5/c1-35(2)28(39)24-17-15-21(16-18-24)20-36(25(14-9-19-31)27(38)33-30(32)34-37(41)42)29(40)26(22-10-5-3-6-11-22)23-12-7-4-8-13-23/h3-8,10-13,15-18,25-26H,9,14,19-20,31H2,1-2H3,(H3,32,33,34,38)/t25-/m0/s1. The molecular weight excluding hydrogens is 538 g/mol. The van der Waals surface area contributed by atoms with Gasteiger partial charge in [0.25, 0.3) is 11.9 Å². The van der Waals surface area contributed by atoms with Gasteiger partial charge in [-0.2, -0.15) is 0 Å². The maximum atomic E-state index is 14.6. The smallest absolute Gasteiger partial charge is 0.272 e. The molecular formula is C30H35N7O5. The summed E-state index contributed by atoms with van der Waals surface area (Å²) >= 11 is 0. The molecule has 42 heavy (non-hydrogen) atoms. The van der Waals surface area contributed by atoms with Crippen molar-refractivity contribution < 1.29 is 19.4 Å². The van der Waals surface area contributed by atoms with Crippen LogP contribution < -0.4 is 16.8 Å². The van der Waals surface area contributed by atoms with Gasteiger partial charge in [0, 0.05) is 26.2 Å². The average Bonchev–Trinajstić information content (AvgIpc) is 2.97. The number of hydrogen-bond acceptors (Lipinski definition) is 6. The van der Waals surface area contributed by atoms with E-state index >= 15 is 0 Å². The molecule has 0 radical (unpaired) electrons. The molecule has 3 aromatic rings. The fraction of sp³-hybridized carbons (Fsp3) is 0.267. The van der Waals surface area contributed by atoms with Crippen molar-refractivity contribution in [1.82, 2.24) is 15.1 Å². The molecule has 0 saturated carbocycles. The van der Waals surface area contributed by atoms with Gasteiger partial charge in [-0.3, -0.25) is 19.7 Å². The molecule has 0 aliphatic heterocycles. The Kier molecular flexibility index (Phi) is 11.3. The summed E-state index contributed by atoms with van der Waals surface area (Å²) in [6.45, 7) is 0.243. The van der Waals surface area contributed by atoms with Gasteiger partial charge in [-0.25, -0.2) is 10.1 Å². The highest BCUT2D eigenvalue weighted by Crippen LogP contribution is 2.29. The lowest BCUT2D eigenvalue weighted by molar-refractivity contribution is -0.485. The van der Waals surface area contributed by atoms with E-state index in [0.717, 1.165) is 11.1 Å². The van der Waals surface area contributed by atoms with Crippen molar-refractivity contribution in [2.75, 3.05) is 20.6 Å². The van der Waals surface area contributed by atoms with Crippen LogP contribution in [-0.2, 0) is 16.1 Å². The quantitative estimate of drug-likeness (QED) is 0.129. The van der Waals surface area contributed by atoms with Gasteiger partial charge >= 0.3 is 0 Å². The first-order valence-electron chi connectivity index (χ1n) is 13.3. The lowest BCUT2D eigenvalue weighted by Gasteiger charge is -2.34. The van der Waals surface area contributed by atoms with Gasteiger partial charge in [-0.15, -0.1) is 0 Å². The van der Waals surface area contributed by atoms with Crippen LogP contribution in [0.4, 0.5) is 0 Å². The van der Waals surface area contributed by atoms with Crippen molar-refractivity contribution in [2.24, 2.45) is 16.6 Å². The molecule has 0 aliphatic carbocycles. The Morgan fingerprint density at radius 2 is 1.48 bits per heavy atom. The van der Waals surface area contributed by atoms with E-state index in [2.05, 4.69) is 10.4 Å². The number of hydrazone groups is 1. The molecule has 0 fully saturated rings. The van der Waals surface area contributed by atoms with Crippen molar-refractivity contribution in [1.29, 1.82) is 0 Å². The Hall–Kier alpha value is -5.10. The van der Waals surface area contributed by atoms with Crippen molar-refractivity contribution in [3.63, 3.8) is 0 Å². The van der Waals surface area contributed by atoms with E-state index in [4.69, 9.17) is 11.5 Å². The number of hydrogen-bond donors (Lipinski definition) is 3. The van der Waals surface area contributed by atoms with Crippen LogP contribution in [0.5, 0.6) is 0 Å². The van der Waals surface area contributed by atoms with E-state index in [9.17, 15) is 24.5 Å². The molecule has 0 unspecified atom stereocenters. The highest BCUT2D eigenvalue weighted by atomic mass is 16.7. The number of nitro groups is 1. The average molecular weight is 574 g/mol. The molecule has 3 amide bonds. The van der Waals surface area contributed by atoms with Gasteiger partial charge in [0.05, 0.1) is 5.92 Å². The van der Waals surface area contributed by atoms with Gasteiger partial charge in [-0.1, -0.05) is 72.8 Å². The Bertz CT molecular complexity index is 1360. The fourth-order valence-corrected chi connectivity index (χ4v) is 4.55. The lowest BCUT2D eigenvalue weighted by atomic mass is 9.89. The number of rotatable bonds is 12. The molecule has 0 bridgehead atoms. The summed E-state index contributed by atoms with van der Waals surface area (Å²) in [5.41, 5.74) is 13.9. The van der Waals surface area contributed by atoms with Crippen molar-refractivity contribution in [3.8, 4) is 0 Å². The molecule has 1 atom stereocenters. The topological polar surface area (TPSA) is 177 Å². The molecule has 12 heteroatoms. The number of amides is 3. The van der Waals surface area contributed by atoms with Gasteiger partial charge in [-0.05, 0) is 48.2 Å². The third kappa shape index (κ3) is 8.45. The predicted octanol–water partition coefficient (Wildman–Crippen LogP) is 2.28. The van der Waals surface area contributed by atoms with Crippen LogP contribution in [0.2, 0.25) is 0 Å². The minimum Gasteiger partial charge on any atom is -0.364 e. The SMILES string of the molecule is CN(C)C(=O)c1ccc(CN(C(=O)C(c2ccccc2)c2ccccc2)[C@@H](CCCN)C(=O)NC(N)=N[N+](=O)[O-])cc1. The van der Waals surface area contributed by atoms with Gasteiger partial charge in [0.2, 0.25) is 11.8 Å². The van der Waals surface area contributed by atoms with Gasteiger partial charge < -0.3 is 21.3 Å². The summed E-state index contributed by atoms with van der Waals surface area (Å²) in [6.07, 6.45) is 0.541. The second kappa shape index (κ2) is 15.1. The van der Waals surface area contributed by atoms with E-state index in [1.165, 1.54) is 9.80 Å². The zero-order valence-corrected chi connectivity index (χ0v) is 23.6. The zero-order chi connectivity index (χ0) is 30.6. The zero-order valence-electron chi connectivity index (χ0n) is 23.6. The van der Waals surface area contributed by atoms with E-state index in [-0.39, 0.29) is 31.3 Å². The maximum absolute atomic E-state index is 14.6. The number of nitrogens with two attached hydrogens (primary N) is 2. The normalized spacial score (nSPS) is 12.0. The third-order valence-electron chi connectivity index (χ3n) is 6.56. The van der Waals surface area contributed by atoms with Gasteiger partial charge in [0.1, 0.15) is 11.1 Å². The molecule has 3 aromatic carbocycles. The number of nitrogens with one attached hydrogen (secondary N) is 1. The molecule has 0 saturated heterocycles. The Morgan fingerprint density at radius 1 is 0.929 bits per heavy atom. The number of guanidine groups is 1. The van der Waals surface area contributed by atoms with E-state index < -0.39 is 28.9 Å². The van der Waals surface area contributed by atoms with Crippen LogP contribution in [0.25, 0.3) is 0 Å². The number of carbonyl (C=O) groups is 3. The number of benzene rings is 3. The molecule has 0 aliphatic rings. The van der Waals surface area contributed by atoms with Crippen LogP contribution in [0.3, 0.4) is 0 Å². The summed E-state index contributed by atoms with van der Waals surface area (Å²) in [7, 11) is 3.30. The minimum absolute atomic E-state index is 0.000374. The molecule has 12 nitrogen and oxygen atoms in total. The van der Waals surface area contributed by atoms with E-state index in [1.807, 2.05) is 60.7 Å². The second-order valence-electron chi connectivity index (χ2n) is 9.78. The minimum atomic E-state index is -1.10. The monoisotopic (exact) mass is 573 g/mol. The summed E-state index contributed by atoms with van der Waals surface area (Å²) < 4.78 is 0. The highest BCUT2D eigenvalue weighted by molar-refractivity contribution is 6.00. The summed E-state index contributed by atoms with van der Waals surface area (Å²) in [5, 5.41) is 15.0. The molecule has 0 spiro atoms. The van der Waals surface area contributed by atoms with Crippen molar-refractivity contribution in [3.05, 3.63) is 117 Å². The van der Waals surface area contributed by atoms with Crippen molar-refractivity contribution in [2.45, 2.75) is 31.3 Å². The highest BCUT2D eigenvalue weighted by Gasteiger charge is 2.35. The van der Waals surface area contributed by atoms with Crippen LogP contribution in [0.1, 0.15) is 45.8 Å². The Balaban J connectivity index is 2.11. The summed E-state index contributed by atoms with van der Waals surface area (Å²) in [6, 6.07) is 24.0. The Morgan fingerprint density at radius 3 is 1.95 bits per heavy atom. The van der Waals surface area contributed by atoms with Crippen LogP contribution >= 0.6 is 0 Å². The molecule has 0 aromatic heterocycles. The molecule has 3 rings (SSSR count). The van der Waals surface area contributed by atoms with Crippen LogP contribution in [0, 0.1) is 10.1 Å². The molecule has 5 N–H and O–H groups in total. The van der Waals surface area contributed by atoms with Crippen LogP contribution in [-0.4, -0.2) is 65.2 Å². The third-order valence-corrected chi connectivity index (χ3v) is 6.56. The van der Waals surface area contributed by atoms with Gasteiger partial charge in [0.15, 0.2) is 5.03 Å². The Labute approximate surface area is 244 Å². The predicted molar refractivity (Wildman–Crippen MR) is 159 cm³/mol. The number of nitrogens with zero attached hydrogens (tertiary/aromatic N) is 4. The summed E-state index contributed by atoms with van der Waals surface area (Å²) in [4.78, 5) is 54.2. The first kappa shape index (κ1) is 31.4. The van der Waals surface area contributed by atoms with E-state index in [0.29, 0.717) is 17.5 Å². The maximum Gasteiger partial charge on any atom is 0.272 e. The first-order chi connectivity index (χ1) is 20.1. The summed E-state index contributed by atoms with van der Waals surface area (Å²) in [5.74, 6) is -2.75. The van der Waals surface area contributed by atoms with Crippen LogP contribution in [0.15, 0.2) is 90.0 Å². The largest absolute Gasteiger partial charge is 0.364 e. The van der Waals surface area contributed by atoms with E-state index in [1.54, 1.807) is 38.4 Å². The second-order valence-corrected chi connectivity index (χ2v) is 9.78. The fourth-order valence-electron chi connectivity index (χ4n) is 4.55. The number of carbonyl (C=O) groups excluding carboxylic acids is 3. The molecule has 0 heterocycles. The first-order valence-corrected chi connectivity index (χ1v) is 13.3. The lowest BCUT2D eigenvalue weighted by Crippen LogP contribution is -2.53.